The van der Waals surface area contributed by atoms with Gasteiger partial charge in [0.1, 0.15) is 6.26 Å². The van der Waals surface area contributed by atoms with Crippen LogP contribution in [0.2, 0.25) is 0 Å². The number of fused-ring (bicyclic) bond motifs is 1. The van der Waals surface area contributed by atoms with E-state index in [-0.39, 0.29) is 29.7 Å². The predicted octanol–water partition coefficient (Wildman–Crippen LogP) is 1.97. The van der Waals surface area contributed by atoms with Gasteiger partial charge in [0, 0.05) is 32.2 Å². The maximum Gasteiger partial charge on any atom is 0.360 e. The lowest BCUT2D eigenvalue weighted by atomic mass is 9.74. The Morgan fingerprint density at radius 1 is 1.45 bits per heavy atom. The van der Waals surface area contributed by atoms with Crippen molar-refractivity contribution < 1.29 is 23.5 Å². The van der Waals surface area contributed by atoms with E-state index in [1.807, 2.05) is 6.92 Å². The monoisotopic (exact) mass is 402 g/mol. The van der Waals surface area contributed by atoms with E-state index in [1.54, 1.807) is 6.92 Å². The Kier molecular flexibility index (Phi) is 5.40. The molecule has 1 spiro atoms. The minimum Gasteiger partial charge on any atom is -0.461 e. The number of H-pyrrole nitrogens is 1. The molecule has 2 aliphatic rings. The number of nitrogens with zero attached hydrogens (tertiary/aromatic N) is 2. The minimum atomic E-state index is -0.497. The number of nitrogens with one attached hydrogen (secondary N) is 2. The first-order valence-corrected chi connectivity index (χ1v) is 10.0. The van der Waals surface area contributed by atoms with E-state index in [9.17, 15) is 9.59 Å². The van der Waals surface area contributed by atoms with Crippen LogP contribution in [0, 0.1) is 12.3 Å². The Bertz CT molecular complexity index is 905. The maximum atomic E-state index is 12.6. The van der Waals surface area contributed by atoms with Gasteiger partial charge in [0.25, 0.3) is 5.91 Å². The molecule has 2 aromatic rings. The highest BCUT2D eigenvalue weighted by atomic mass is 16.5. The molecule has 0 radical (unpaired) electrons. The van der Waals surface area contributed by atoms with Gasteiger partial charge in [-0.15, -0.1) is 0 Å². The Hall–Kier alpha value is -2.68. The predicted molar refractivity (Wildman–Crippen MR) is 102 cm³/mol. The van der Waals surface area contributed by atoms with Crippen molar-refractivity contribution in [2.45, 2.75) is 52.1 Å². The largest absolute Gasteiger partial charge is 0.461 e. The molecule has 9 nitrogen and oxygen atoms in total. The first-order chi connectivity index (χ1) is 14.0. The van der Waals surface area contributed by atoms with E-state index in [0.717, 1.165) is 30.7 Å². The van der Waals surface area contributed by atoms with Crippen LogP contribution >= 0.6 is 0 Å². The Labute approximate surface area is 168 Å². The number of aromatic nitrogens is 3. The Morgan fingerprint density at radius 3 is 3.07 bits per heavy atom. The van der Waals surface area contributed by atoms with Gasteiger partial charge in [-0.25, -0.2) is 9.78 Å². The summed E-state index contributed by atoms with van der Waals surface area (Å²) < 4.78 is 16.3. The van der Waals surface area contributed by atoms with E-state index in [1.165, 1.54) is 6.26 Å². The number of aromatic amines is 1. The maximum absolute atomic E-state index is 12.6. The second-order valence-corrected chi connectivity index (χ2v) is 7.86. The lowest BCUT2D eigenvalue weighted by molar-refractivity contribution is -0.0575. The van der Waals surface area contributed by atoms with Crippen molar-refractivity contribution >= 4 is 11.9 Å². The SMILES string of the molecule is CCc1n[nH]c2c1C(=O)NCC1(CCOC(CCOC(=O)c3coc(C)n3)C1)C2. The van der Waals surface area contributed by atoms with Gasteiger partial charge >= 0.3 is 5.97 Å². The highest BCUT2D eigenvalue weighted by molar-refractivity contribution is 5.96. The van der Waals surface area contributed by atoms with Gasteiger partial charge in [-0.1, -0.05) is 6.92 Å². The average molecular weight is 402 g/mol. The molecule has 4 heterocycles. The number of ether oxygens (including phenoxy) is 2. The molecule has 2 aromatic heterocycles. The van der Waals surface area contributed by atoms with Crippen molar-refractivity contribution in [2.24, 2.45) is 5.41 Å². The van der Waals surface area contributed by atoms with Gasteiger partial charge in [0.05, 0.1) is 24.0 Å². The van der Waals surface area contributed by atoms with Crippen LogP contribution in [0.15, 0.2) is 10.7 Å². The number of esters is 1. The molecule has 1 fully saturated rings. The van der Waals surface area contributed by atoms with Crippen molar-refractivity contribution in [3.05, 3.63) is 34.8 Å². The van der Waals surface area contributed by atoms with Crippen molar-refractivity contribution in [3.63, 3.8) is 0 Å². The third kappa shape index (κ3) is 4.05. The lowest BCUT2D eigenvalue weighted by Crippen LogP contribution is -2.44. The number of rotatable bonds is 5. The number of aryl methyl sites for hydroxylation is 2. The van der Waals surface area contributed by atoms with Crippen molar-refractivity contribution in [2.75, 3.05) is 19.8 Å². The fourth-order valence-electron chi connectivity index (χ4n) is 4.27. The van der Waals surface area contributed by atoms with Crippen LogP contribution in [0.1, 0.15) is 64.3 Å². The summed E-state index contributed by atoms with van der Waals surface area (Å²) in [5.41, 5.74) is 2.51. The molecular weight excluding hydrogens is 376 g/mol. The van der Waals surface area contributed by atoms with Gasteiger partial charge in [-0.05, 0) is 31.1 Å². The van der Waals surface area contributed by atoms with Crippen molar-refractivity contribution in [1.29, 1.82) is 0 Å². The molecule has 29 heavy (non-hydrogen) atoms. The summed E-state index contributed by atoms with van der Waals surface area (Å²) in [5.74, 6) is -0.125. The molecule has 0 aliphatic carbocycles. The molecule has 156 valence electrons. The normalized spacial score (nSPS) is 24.1. The van der Waals surface area contributed by atoms with Crippen LogP contribution in [0.5, 0.6) is 0 Å². The standard InChI is InChI=1S/C20H26N4O5/c1-3-14-17-15(24-23-14)9-20(11-21-18(17)25)5-7-27-13(8-20)4-6-28-19(26)16-10-29-12(2)22-16/h10,13H,3-9,11H2,1-2H3,(H,21,25)(H,23,24). The van der Waals surface area contributed by atoms with Crippen LogP contribution in [-0.2, 0) is 22.3 Å². The topological polar surface area (TPSA) is 119 Å². The fraction of sp³-hybridized carbons (Fsp3) is 0.600. The number of amides is 1. The van der Waals surface area contributed by atoms with E-state index in [4.69, 9.17) is 13.9 Å². The Morgan fingerprint density at radius 2 is 2.31 bits per heavy atom. The average Bonchev–Trinajstić information content (AvgIpc) is 3.29. The third-order valence-electron chi connectivity index (χ3n) is 5.80. The molecule has 0 bridgehead atoms. The molecule has 2 aliphatic heterocycles. The zero-order valence-electron chi connectivity index (χ0n) is 16.7. The molecule has 4 rings (SSSR count). The third-order valence-corrected chi connectivity index (χ3v) is 5.80. The quantitative estimate of drug-likeness (QED) is 0.734. The van der Waals surface area contributed by atoms with Crippen molar-refractivity contribution in [1.82, 2.24) is 20.5 Å². The lowest BCUT2D eigenvalue weighted by Gasteiger charge is -2.40. The fourth-order valence-corrected chi connectivity index (χ4v) is 4.27. The molecule has 0 saturated carbocycles. The molecule has 2 unspecified atom stereocenters. The Balaban J connectivity index is 1.37. The summed E-state index contributed by atoms with van der Waals surface area (Å²) in [6.45, 7) is 5.13. The highest BCUT2D eigenvalue weighted by Crippen LogP contribution is 2.39. The van der Waals surface area contributed by atoms with Crippen LogP contribution in [-0.4, -0.2) is 52.9 Å². The van der Waals surface area contributed by atoms with Crippen LogP contribution in [0.3, 0.4) is 0 Å². The summed E-state index contributed by atoms with van der Waals surface area (Å²) >= 11 is 0. The van der Waals surface area contributed by atoms with E-state index in [2.05, 4.69) is 20.5 Å². The number of hydrogen-bond donors (Lipinski definition) is 2. The summed E-state index contributed by atoms with van der Waals surface area (Å²) in [6, 6.07) is 0. The van der Waals surface area contributed by atoms with E-state index < -0.39 is 5.97 Å². The second kappa shape index (κ2) is 7.98. The van der Waals surface area contributed by atoms with Gasteiger partial charge in [-0.3, -0.25) is 9.89 Å². The number of carbonyl (C=O) groups is 2. The van der Waals surface area contributed by atoms with Gasteiger partial charge < -0.3 is 19.2 Å². The number of hydrogen-bond acceptors (Lipinski definition) is 7. The summed E-state index contributed by atoms with van der Waals surface area (Å²) in [6.07, 6.45) is 4.97. The second-order valence-electron chi connectivity index (χ2n) is 7.86. The number of carbonyl (C=O) groups excluding carboxylic acids is 2. The van der Waals surface area contributed by atoms with Gasteiger partial charge in [-0.2, -0.15) is 5.10 Å². The van der Waals surface area contributed by atoms with Crippen LogP contribution < -0.4 is 5.32 Å². The van der Waals surface area contributed by atoms with Crippen LogP contribution in [0.4, 0.5) is 0 Å². The van der Waals surface area contributed by atoms with E-state index >= 15 is 0 Å². The first-order valence-electron chi connectivity index (χ1n) is 10.0. The smallest absolute Gasteiger partial charge is 0.360 e. The molecule has 2 N–H and O–H groups in total. The molecule has 1 saturated heterocycles. The number of oxazole rings is 1. The van der Waals surface area contributed by atoms with Gasteiger partial charge in [0.15, 0.2) is 11.6 Å². The minimum absolute atomic E-state index is 0.0392. The molecule has 0 aromatic carbocycles. The zero-order valence-corrected chi connectivity index (χ0v) is 16.7. The molecular formula is C20H26N4O5. The highest BCUT2D eigenvalue weighted by Gasteiger charge is 2.41. The van der Waals surface area contributed by atoms with Crippen LogP contribution in [0.25, 0.3) is 0 Å². The summed E-state index contributed by atoms with van der Waals surface area (Å²) in [4.78, 5) is 28.5. The molecule has 9 heteroatoms. The molecule has 2 atom stereocenters. The first kappa shape index (κ1) is 19.6. The summed E-state index contributed by atoms with van der Waals surface area (Å²) in [7, 11) is 0. The van der Waals surface area contributed by atoms with Gasteiger partial charge in [0.2, 0.25) is 0 Å². The summed E-state index contributed by atoms with van der Waals surface area (Å²) in [5, 5.41) is 10.5. The van der Waals surface area contributed by atoms with E-state index in [0.29, 0.717) is 37.4 Å². The molecule has 1 amide bonds. The van der Waals surface area contributed by atoms with Crippen molar-refractivity contribution in [3.8, 4) is 0 Å². The zero-order chi connectivity index (χ0) is 20.4.